The number of rotatable bonds is 5. The van der Waals surface area contributed by atoms with E-state index in [1.54, 1.807) is 16.2 Å². The molecule has 2 aromatic heterocycles. The van der Waals surface area contributed by atoms with Gasteiger partial charge in [-0.15, -0.1) is 11.3 Å². The van der Waals surface area contributed by atoms with Crippen molar-refractivity contribution >= 4 is 51.2 Å². The third-order valence-electron chi connectivity index (χ3n) is 5.89. The molecule has 2 aliphatic heterocycles. The minimum Gasteiger partial charge on any atom is -0.402 e. The Morgan fingerprint density at radius 2 is 1.97 bits per heavy atom. The van der Waals surface area contributed by atoms with E-state index in [1.165, 1.54) is 6.21 Å². The molecule has 1 fully saturated rings. The van der Waals surface area contributed by atoms with Crippen molar-refractivity contribution in [3.63, 3.8) is 0 Å². The van der Waals surface area contributed by atoms with Gasteiger partial charge in [-0.1, -0.05) is 13.3 Å². The monoisotopic (exact) mass is 493 g/mol. The summed E-state index contributed by atoms with van der Waals surface area (Å²) in [6.07, 6.45) is -1.15. The summed E-state index contributed by atoms with van der Waals surface area (Å²) in [5, 5.41) is 24.0. The van der Waals surface area contributed by atoms with Crippen molar-refractivity contribution in [2.45, 2.75) is 32.4 Å². The maximum absolute atomic E-state index is 13.0. The van der Waals surface area contributed by atoms with Crippen LogP contribution in [0.15, 0.2) is 17.3 Å². The zero-order chi connectivity index (χ0) is 24.6. The number of hydrogen-bond donors (Lipinski definition) is 4. The van der Waals surface area contributed by atoms with Crippen molar-refractivity contribution in [2.75, 3.05) is 42.5 Å². The number of nitrogens with zero attached hydrogens (tertiary/aromatic N) is 5. The molecule has 4 rings (SSSR count). The van der Waals surface area contributed by atoms with E-state index in [-0.39, 0.29) is 25.5 Å². The van der Waals surface area contributed by atoms with Crippen LogP contribution in [0.4, 0.5) is 24.9 Å². The fraction of sp³-hybridized carbons (Fsp3) is 0.476. The second-order valence-electron chi connectivity index (χ2n) is 8.26. The van der Waals surface area contributed by atoms with Crippen LogP contribution in [-0.4, -0.2) is 71.7 Å². The summed E-state index contributed by atoms with van der Waals surface area (Å²) in [5.74, 6) is -0.786. The van der Waals surface area contributed by atoms with Gasteiger partial charge in [-0.05, 0) is 12.5 Å². The van der Waals surface area contributed by atoms with Crippen LogP contribution in [0.1, 0.15) is 24.6 Å². The summed E-state index contributed by atoms with van der Waals surface area (Å²) in [6, 6.07) is 2.02. The fourth-order valence-corrected chi connectivity index (χ4v) is 5.21. The maximum Gasteiger partial charge on any atom is 0.449 e. The Balaban J connectivity index is 1.69. The number of anilines is 2. The van der Waals surface area contributed by atoms with E-state index in [4.69, 9.17) is 31.9 Å². The Bertz CT molecular complexity index is 1170. The van der Waals surface area contributed by atoms with Crippen molar-refractivity contribution in [2.24, 2.45) is 5.73 Å². The van der Waals surface area contributed by atoms with Crippen LogP contribution in [0.5, 0.6) is 0 Å². The Morgan fingerprint density at radius 1 is 1.21 bits per heavy atom. The Hall–Kier alpha value is -3.22. The van der Waals surface area contributed by atoms with E-state index < -0.39 is 12.0 Å². The first-order valence-electron chi connectivity index (χ1n) is 10.9. The molecule has 2 aromatic rings. The lowest BCUT2D eigenvalue weighted by atomic mass is 10.1. The summed E-state index contributed by atoms with van der Waals surface area (Å²) in [6.45, 7) is 3.03. The molecule has 4 heterocycles. The lowest BCUT2D eigenvalue weighted by molar-refractivity contribution is -0.0671. The minimum atomic E-state index is -4.80. The quantitative estimate of drug-likeness (QED) is 0.373. The SMILES string of the molecule is CCCc1cc2c(N3CCN(C(=N)C(F)(F)F)C(=N)C3)nc(N3CCC(N)=C(C=N)C3)nc2s1. The number of nitrogens with one attached hydrogen (secondary N) is 3. The molecular weight excluding hydrogens is 467 g/mol. The number of aromatic nitrogens is 2. The average molecular weight is 494 g/mol. The van der Waals surface area contributed by atoms with Gasteiger partial charge in [-0.25, -0.2) is 4.98 Å². The largest absolute Gasteiger partial charge is 0.449 e. The van der Waals surface area contributed by atoms with Gasteiger partial charge in [0.25, 0.3) is 0 Å². The molecule has 0 amide bonds. The van der Waals surface area contributed by atoms with E-state index in [9.17, 15) is 13.2 Å². The predicted molar refractivity (Wildman–Crippen MR) is 129 cm³/mol. The van der Waals surface area contributed by atoms with Gasteiger partial charge < -0.3 is 25.8 Å². The van der Waals surface area contributed by atoms with E-state index in [0.29, 0.717) is 47.4 Å². The number of amidine groups is 2. The summed E-state index contributed by atoms with van der Waals surface area (Å²) < 4.78 is 39.1. The summed E-state index contributed by atoms with van der Waals surface area (Å²) in [7, 11) is 0. The van der Waals surface area contributed by atoms with Crippen LogP contribution in [0.2, 0.25) is 0 Å². The topological polar surface area (TPSA) is 133 Å². The summed E-state index contributed by atoms with van der Waals surface area (Å²) in [4.78, 5) is 15.9. The van der Waals surface area contributed by atoms with E-state index in [0.717, 1.165) is 27.9 Å². The first kappa shape index (κ1) is 23.9. The fourth-order valence-electron chi connectivity index (χ4n) is 4.09. The van der Waals surface area contributed by atoms with Gasteiger partial charge in [0.05, 0.1) is 11.9 Å². The van der Waals surface area contributed by atoms with Gasteiger partial charge in [-0.2, -0.15) is 18.2 Å². The molecule has 0 aromatic carbocycles. The number of piperazine rings is 1. The number of halogens is 3. The van der Waals surface area contributed by atoms with Crippen molar-refractivity contribution in [3.8, 4) is 0 Å². The maximum atomic E-state index is 13.0. The minimum absolute atomic E-state index is 0.0957. The standard InChI is InChI=1S/C21H26F3N9S/c1-2-3-13-8-14-17(31-6-7-33(16(27)11-31)19(28)21(22,23)24)29-20(30-18(14)34-13)32-5-4-15(26)12(9-25)10-32/h8-9,25,27-28H,2-7,10-11,26H2,1H3. The second-order valence-corrected chi connectivity index (χ2v) is 9.38. The van der Waals surface area contributed by atoms with E-state index in [1.807, 2.05) is 11.0 Å². The molecule has 0 radical (unpaired) electrons. The van der Waals surface area contributed by atoms with Gasteiger partial charge >= 0.3 is 6.18 Å². The summed E-state index contributed by atoms with van der Waals surface area (Å²) in [5.41, 5.74) is 7.39. The molecule has 1 saturated heterocycles. The average Bonchev–Trinajstić information content (AvgIpc) is 3.20. The third-order valence-corrected chi connectivity index (χ3v) is 6.98. The molecule has 5 N–H and O–H groups in total. The first-order valence-corrected chi connectivity index (χ1v) is 11.7. The molecule has 0 atom stereocenters. The third kappa shape index (κ3) is 4.56. The highest BCUT2D eigenvalue weighted by atomic mass is 32.1. The van der Waals surface area contributed by atoms with Gasteiger partial charge in [-0.3, -0.25) is 10.8 Å². The molecule has 0 aliphatic carbocycles. The van der Waals surface area contributed by atoms with Crippen LogP contribution in [0.25, 0.3) is 10.2 Å². The zero-order valence-electron chi connectivity index (χ0n) is 18.7. The second kappa shape index (κ2) is 9.20. The van der Waals surface area contributed by atoms with Crippen molar-refractivity contribution in [3.05, 3.63) is 22.2 Å². The van der Waals surface area contributed by atoms with Gasteiger partial charge in [0, 0.05) is 55.0 Å². The van der Waals surface area contributed by atoms with Gasteiger partial charge in [0.1, 0.15) is 16.5 Å². The molecule has 0 spiro atoms. The molecule has 9 nitrogen and oxygen atoms in total. The Kier molecular flexibility index (Phi) is 6.47. The van der Waals surface area contributed by atoms with Crippen LogP contribution in [0.3, 0.4) is 0 Å². The van der Waals surface area contributed by atoms with Gasteiger partial charge in [0.2, 0.25) is 11.8 Å². The number of aryl methyl sites for hydroxylation is 1. The van der Waals surface area contributed by atoms with Gasteiger partial charge in [0.15, 0.2) is 0 Å². The molecule has 2 aliphatic rings. The van der Waals surface area contributed by atoms with Crippen molar-refractivity contribution in [1.29, 1.82) is 16.2 Å². The number of alkyl halides is 3. The molecule has 0 unspecified atom stereocenters. The lowest BCUT2D eigenvalue weighted by Gasteiger charge is -2.37. The van der Waals surface area contributed by atoms with Crippen LogP contribution in [-0.2, 0) is 6.42 Å². The molecule has 13 heteroatoms. The first-order chi connectivity index (χ1) is 16.1. The smallest absolute Gasteiger partial charge is 0.402 e. The Labute approximate surface area is 198 Å². The zero-order valence-corrected chi connectivity index (χ0v) is 19.5. The highest BCUT2D eigenvalue weighted by molar-refractivity contribution is 7.18. The normalized spacial score (nSPS) is 17.6. The Morgan fingerprint density at radius 3 is 2.62 bits per heavy atom. The van der Waals surface area contributed by atoms with E-state index in [2.05, 4.69) is 6.92 Å². The number of fused-ring (bicyclic) bond motifs is 1. The van der Waals surface area contributed by atoms with Crippen LogP contribution in [0, 0.1) is 16.2 Å². The molecule has 182 valence electrons. The highest BCUT2D eigenvalue weighted by Gasteiger charge is 2.41. The number of nitrogens with two attached hydrogens (primary N) is 1. The molecule has 0 saturated carbocycles. The van der Waals surface area contributed by atoms with Crippen molar-refractivity contribution in [1.82, 2.24) is 14.9 Å². The molecule has 34 heavy (non-hydrogen) atoms. The van der Waals surface area contributed by atoms with Crippen LogP contribution < -0.4 is 15.5 Å². The molecule has 0 bridgehead atoms. The highest BCUT2D eigenvalue weighted by Crippen LogP contribution is 2.35. The summed E-state index contributed by atoms with van der Waals surface area (Å²) >= 11 is 1.56. The number of thiophene rings is 1. The predicted octanol–water partition coefficient (Wildman–Crippen LogP) is 3.36. The number of hydrogen-bond acceptors (Lipinski definition) is 9. The van der Waals surface area contributed by atoms with Crippen LogP contribution >= 0.6 is 11.3 Å². The molecular formula is C21H26F3N9S. The lowest BCUT2D eigenvalue weighted by Crippen LogP contribution is -2.55. The van der Waals surface area contributed by atoms with E-state index >= 15 is 0 Å². The van der Waals surface area contributed by atoms with Crippen molar-refractivity contribution < 1.29 is 13.2 Å².